The van der Waals surface area contributed by atoms with Crippen LogP contribution in [0.15, 0.2) is 0 Å². The van der Waals surface area contributed by atoms with Crippen LogP contribution in [0, 0.1) is 5.92 Å². The molecule has 2 N–H and O–H groups in total. The lowest BCUT2D eigenvalue weighted by Gasteiger charge is -2.18. The van der Waals surface area contributed by atoms with Gasteiger partial charge in [0.05, 0.1) is 0 Å². The molecule has 1 heterocycles. The van der Waals surface area contributed by atoms with Crippen LogP contribution < -0.4 is 10.6 Å². The van der Waals surface area contributed by atoms with E-state index in [-0.39, 0.29) is 11.8 Å². The van der Waals surface area contributed by atoms with E-state index in [0.717, 1.165) is 26.1 Å². The lowest BCUT2D eigenvalue weighted by molar-refractivity contribution is -0.133. The maximum absolute atomic E-state index is 11.7. The minimum Gasteiger partial charge on any atom is -0.356 e. The van der Waals surface area contributed by atoms with Crippen LogP contribution in [-0.4, -0.2) is 49.4 Å². The topological polar surface area (TPSA) is 61.4 Å². The first-order valence-electron chi connectivity index (χ1n) is 7.42. The van der Waals surface area contributed by atoms with E-state index < -0.39 is 0 Å². The predicted molar refractivity (Wildman–Crippen MR) is 75.8 cm³/mol. The summed E-state index contributed by atoms with van der Waals surface area (Å²) < 4.78 is 0. The molecule has 5 heteroatoms. The molecule has 0 aromatic rings. The van der Waals surface area contributed by atoms with Crippen molar-refractivity contribution < 1.29 is 9.59 Å². The SMILES string of the molecule is CCN(CC)C(=O)CCC(=O)NCCC1CCNC1. The lowest BCUT2D eigenvalue weighted by atomic mass is 10.1. The fourth-order valence-corrected chi connectivity index (χ4v) is 2.42. The molecule has 2 amide bonds. The number of carbonyl (C=O) groups is 2. The molecule has 0 radical (unpaired) electrons. The molecule has 19 heavy (non-hydrogen) atoms. The second-order valence-electron chi connectivity index (χ2n) is 5.06. The Balaban J connectivity index is 2.08. The van der Waals surface area contributed by atoms with Crippen molar-refractivity contribution in [3.05, 3.63) is 0 Å². The highest BCUT2D eigenvalue weighted by atomic mass is 16.2. The second kappa shape index (κ2) is 8.91. The van der Waals surface area contributed by atoms with Gasteiger partial charge in [0, 0.05) is 32.5 Å². The van der Waals surface area contributed by atoms with Crippen LogP contribution in [-0.2, 0) is 9.59 Å². The third-order valence-electron chi connectivity index (χ3n) is 3.72. The summed E-state index contributed by atoms with van der Waals surface area (Å²) in [6.07, 6.45) is 2.86. The van der Waals surface area contributed by atoms with Crippen LogP contribution in [0.4, 0.5) is 0 Å². The van der Waals surface area contributed by atoms with Gasteiger partial charge in [0.15, 0.2) is 0 Å². The van der Waals surface area contributed by atoms with Crippen molar-refractivity contribution in [1.29, 1.82) is 0 Å². The summed E-state index contributed by atoms with van der Waals surface area (Å²) in [6.45, 7) is 8.23. The molecule has 5 nitrogen and oxygen atoms in total. The van der Waals surface area contributed by atoms with Crippen molar-refractivity contribution in [1.82, 2.24) is 15.5 Å². The highest BCUT2D eigenvalue weighted by Gasteiger charge is 2.15. The molecule has 1 saturated heterocycles. The third kappa shape index (κ3) is 6.05. The van der Waals surface area contributed by atoms with Crippen LogP contribution in [0.2, 0.25) is 0 Å². The molecule has 1 fully saturated rings. The molecule has 0 aliphatic carbocycles. The van der Waals surface area contributed by atoms with Gasteiger partial charge >= 0.3 is 0 Å². The first kappa shape index (κ1) is 16.0. The van der Waals surface area contributed by atoms with Crippen molar-refractivity contribution in [3.63, 3.8) is 0 Å². The van der Waals surface area contributed by atoms with Crippen molar-refractivity contribution in [3.8, 4) is 0 Å². The molecule has 1 atom stereocenters. The van der Waals surface area contributed by atoms with E-state index >= 15 is 0 Å². The first-order chi connectivity index (χ1) is 9.17. The monoisotopic (exact) mass is 269 g/mol. The smallest absolute Gasteiger partial charge is 0.223 e. The summed E-state index contributed by atoms with van der Waals surface area (Å²) >= 11 is 0. The van der Waals surface area contributed by atoms with Crippen LogP contribution in [0.25, 0.3) is 0 Å². The van der Waals surface area contributed by atoms with Gasteiger partial charge in [-0.2, -0.15) is 0 Å². The van der Waals surface area contributed by atoms with E-state index in [1.54, 1.807) is 4.90 Å². The zero-order chi connectivity index (χ0) is 14.1. The Kier molecular flexibility index (Phi) is 7.48. The molecule has 1 unspecified atom stereocenters. The number of nitrogens with one attached hydrogen (secondary N) is 2. The minimum absolute atomic E-state index is 0.00791. The molecule has 0 bridgehead atoms. The molecule has 110 valence electrons. The molecule has 0 aromatic carbocycles. The van der Waals surface area contributed by atoms with E-state index in [9.17, 15) is 9.59 Å². The zero-order valence-electron chi connectivity index (χ0n) is 12.2. The summed E-state index contributed by atoms with van der Waals surface area (Å²) in [6, 6.07) is 0. The second-order valence-corrected chi connectivity index (χ2v) is 5.06. The fourth-order valence-electron chi connectivity index (χ4n) is 2.42. The Morgan fingerprint density at radius 2 is 2.00 bits per heavy atom. The summed E-state index contributed by atoms with van der Waals surface area (Å²) in [5.74, 6) is 0.754. The van der Waals surface area contributed by atoms with Gasteiger partial charge < -0.3 is 15.5 Å². The van der Waals surface area contributed by atoms with Crippen LogP contribution in [0.1, 0.15) is 39.5 Å². The largest absolute Gasteiger partial charge is 0.356 e. The van der Waals surface area contributed by atoms with Gasteiger partial charge in [-0.1, -0.05) is 0 Å². The summed E-state index contributed by atoms with van der Waals surface area (Å²) in [7, 11) is 0. The molecule has 1 aliphatic rings. The number of carbonyl (C=O) groups excluding carboxylic acids is 2. The number of nitrogens with zero attached hydrogens (tertiary/aromatic N) is 1. The molecule has 1 rings (SSSR count). The van der Waals surface area contributed by atoms with E-state index in [4.69, 9.17) is 0 Å². The Morgan fingerprint density at radius 3 is 2.58 bits per heavy atom. The average Bonchev–Trinajstić information content (AvgIpc) is 2.91. The molecule has 1 aliphatic heterocycles. The number of rotatable bonds is 8. The molecule has 0 aromatic heterocycles. The Morgan fingerprint density at radius 1 is 1.26 bits per heavy atom. The van der Waals surface area contributed by atoms with Gasteiger partial charge in [0.25, 0.3) is 0 Å². The zero-order valence-corrected chi connectivity index (χ0v) is 12.2. The summed E-state index contributed by atoms with van der Waals surface area (Å²) in [5, 5.41) is 6.22. The molecule has 0 spiro atoms. The number of amides is 2. The predicted octanol–water partition coefficient (Wildman–Crippen LogP) is 0.751. The average molecular weight is 269 g/mol. The van der Waals surface area contributed by atoms with Crippen LogP contribution in [0.5, 0.6) is 0 Å². The normalized spacial score (nSPS) is 18.3. The van der Waals surface area contributed by atoms with E-state index in [1.165, 1.54) is 6.42 Å². The van der Waals surface area contributed by atoms with Gasteiger partial charge in [-0.3, -0.25) is 9.59 Å². The van der Waals surface area contributed by atoms with Gasteiger partial charge in [-0.25, -0.2) is 0 Å². The van der Waals surface area contributed by atoms with Crippen LogP contribution >= 0.6 is 0 Å². The maximum atomic E-state index is 11.7. The lowest BCUT2D eigenvalue weighted by Crippen LogP contribution is -2.32. The Labute approximate surface area is 116 Å². The van der Waals surface area contributed by atoms with Crippen LogP contribution in [0.3, 0.4) is 0 Å². The van der Waals surface area contributed by atoms with E-state index in [0.29, 0.717) is 31.8 Å². The number of hydrogen-bond donors (Lipinski definition) is 2. The van der Waals surface area contributed by atoms with Gasteiger partial charge in [0.1, 0.15) is 0 Å². The third-order valence-corrected chi connectivity index (χ3v) is 3.72. The van der Waals surface area contributed by atoms with Crippen molar-refractivity contribution in [2.75, 3.05) is 32.7 Å². The Hall–Kier alpha value is -1.10. The quantitative estimate of drug-likeness (QED) is 0.683. The molecule has 0 saturated carbocycles. The standard InChI is InChI=1S/C14H27N3O2/c1-3-17(4-2)14(19)6-5-13(18)16-10-8-12-7-9-15-11-12/h12,15H,3-11H2,1-2H3,(H,16,18). The molecular weight excluding hydrogens is 242 g/mol. The van der Waals surface area contributed by atoms with Gasteiger partial charge in [-0.05, 0) is 45.7 Å². The van der Waals surface area contributed by atoms with E-state index in [1.807, 2.05) is 13.8 Å². The van der Waals surface area contributed by atoms with Crippen molar-refractivity contribution in [2.45, 2.75) is 39.5 Å². The Bertz CT molecular complexity index is 284. The summed E-state index contributed by atoms with van der Waals surface area (Å²) in [5.41, 5.74) is 0. The number of hydrogen-bond acceptors (Lipinski definition) is 3. The summed E-state index contributed by atoms with van der Waals surface area (Å²) in [4.78, 5) is 25.1. The van der Waals surface area contributed by atoms with Crippen molar-refractivity contribution in [2.24, 2.45) is 5.92 Å². The fraction of sp³-hybridized carbons (Fsp3) is 0.857. The minimum atomic E-state index is -0.00791. The van der Waals surface area contributed by atoms with Crippen molar-refractivity contribution >= 4 is 11.8 Å². The maximum Gasteiger partial charge on any atom is 0.223 e. The van der Waals surface area contributed by atoms with Gasteiger partial charge in [0.2, 0.25) is 11.8 Å². The first-order valence-corrected chi connectivity index (χ1v) is 7.42. The highest BCUT2D eigenvalue weighted by molar-refractivity contribution is 5.83. The van der Waals surface area contributed by atoms with Gasteiger partial charge in [-0.15, -0.1) is 0 Å². The molecular formula is C14H27N3O2. The van der Waals surface area contributed by atoms with E-state index in [2.05, 4.69) is 10.6 Å². The highest BCUT2D eigenvalue weighted by Crippen LogP contribution is 2.10.